The number of hydrogen-bond donors (Lipinski definition) is 1. The number of halogens is 2. The second kappa shape index (κ2) is 4.97. The van der Waals surface area contributed by atoms with Gasteiger partial charge in [0.25, 0.3) is 0 Å². The molecule has 0 bridgehead atoms. The normalized spacial score (nSPS) is 20.1. The molecule has 1 aromatic carbocycles. The zero-order valence-electron chi connectivity index (χ0n) is 12.4. The van der Waals surface area contributed by atoms with E-state index in [4.69, 9.17) is 0 Å². The minimum Gasteiger partial charge on any atom is -0.328 e. The van der Waals surface area contributed by atoms with E-state index in [2.05, 4.69) is 15.4 Å². The van der Waals surface area contributed by atoms with Crippen molar-refractivity contribution in [1.29, 1.82) is 0 Å². The fourth-order valence-electron chi connectivity index (χ4n) is 3.30. The maximum Gasteiger partial charge on any atom is 0.226 e. The average Bonchev–Trinajstić information content (AvgIpc) is 2.84. The number of allylic oxidation sites excluding steroid dienone is 2. The van der Waals surface area contributed by atoms with Gasteiger partial charge in [-0.1, -0.05) is 0 Å². The molecule has 0 unspecified atom stereocenters. The third-order valence-corrected chi connectivity index (χ3v) is 4.17. The van der Waals surface area contributed by atoms with Crippen LogP contribution in [0.2, 0.25) is 0 Å². The molecule has 7 heteroatoms. The summed E-state index contributed by atoms with van der Waals surface area (Å²) < 4.78 is 28.9. The molecule has 0 radical (unpaired) electrons. The first-order valence-electron chi connectivity index (χ1n) is 7.45. The lowest BCUT2D eigenvalue weighted by atomic mass is 9.85. The lowest BCUT2D eigenvalue weighted by Gasteiger charge is -2.32. The molecule has 0 spiro atoms. The molecule has 5 nitrogen and oxygen atoms in total. The van der Waals surface area contributed by atoms with Gasteiger partial charge in [0.05, 0.1) is 0 Å². The van der Waals surface area contributed by atoms with Gasteiger partial charge in [-0.15, -0.1) is 0 Å². The van der Waals surface area contributed by atoms with Gasteiger partial charge >= 0.3 is 0 Å². The van der Waals surface area contributed by atoms with Gasteiger partial charge in [-0.05, 0) is 37.5 Å². The number of nitrogens with zero attached hydrogens (tertiary/aromatic N) is 3. The number of aromatic nitrogens is 3. The number of benzene rings is 1. The number of aryl methyl sites for hydroxylation is 1. The molecule has 1 N–H and O–H groups in total. The second-order valence-corrected chi connectivity index (χ2v) is 5.83. The first-order valence-corrected chi connectivity index (χ1v) is 7.45. The molecular formula is C16H14F2N4O. The highest BCUT2D eigenvalue weighted by atomic mass is 19.1. The summed E-state index contributed by atoms with van der Waals surface area (Å²) in [5.41, 5.74) is 1.66. The molecule has 1 aliphatic carbocycles. The second-order valence-electron chi connectivity index (χ2n) is 5.83. The first-order chi connectivity index (χ1) is 11.0. The van der Waals surface area contributed by atoms with Crippen molar-refractivity contribution in [3.05, 3.63) is 52.5 Å². The van der Waals surface area contributed by atoms with Crippen LogP contribution < -0.4 is 5.32 Å². The minimum absolute atomic E-state index is 0.0211. The summed E-state index contributed by atoms with van der Waals surface area (Å²) in [6.45, 7) is 1.73. The fraction of sp³-hybridized carbons (Fsp3) is 0.312. The topological polar surface area (TPSA) is 59.8 Å². The van der Waals surface area contributed by atoms with Crippen LogP contribution >= 0.6 is 0 Å². The molecular weight excluding hydrogens is 302 g/mol. The summed E-state index contributed by atoms with van der Waals surface area (Å²) >= 11 is 0. The van der Waals surface area contributed by atoms with E-state index in [0.717, 1.165) is 18.2 Å². The molecule has 4 rings (SSSR count). The van der Waals surface area contributed by atoms with Crippen LogP contribution in [0.4, 0.5) is 14.7 Å². The Kier molecular flexibility index (Phi) is 3.04. The molecule has 0 saturated heterocycles. The van der Waals surface area contributed by atoms with E-state index in [0.29, 0.717) is 35.8 Å². The minimum atomic E-state index is -0.678. The van der Waals surface area contributed by atoms with Crippen LogP contribution in [-0.4, -0.2) is 20.5 Å². The van der Waals surface area contributed by atoms with E-state index in [-0.39, 0.29) is 5.78 Å². The van der Waals surface area contributed by atoms with Crippen molar-refractivity contribution in [2.45, 2.75) is 32.2 Å². The molecule has 2 aromatic rings. The van der Waals surface area contributed by atoms with Crippen molar-refractivity contribution in [2.24, 2.45) is 0 Å². The van der Waals surface area contributed by atoms with Gasteiger partial charge in [0, 0.05) is 23.8 Å². The highest BCUT2D eigenvalue weighted by Crippen LogP contribution is 2.40. The Bertz CT molecular complexity index is 836. The molecule has 23 heavy (non-hydrogen) atoms. The lowest BCUT2D eigenvalue weighted by molar-refractivity contribution is -0.116. The highest BCUT2D eigenvalue weighted by molar-refractivity contribution is 5.99. The molecule has 118 valence electrons. The van der Waals surface area contributed by atoms with Crippen LogP contribution in [0.3, 0.4) is 0 Å². The van der Waals surface area contributed by atoms with E-state index in [9.17, 15) is 13.6 Å². The van der Waals surface area contributed by atoms with Crippen molar-refractivity contribution in [3.8, 4) is 0 Å². The van der Waals surface area contributed by atoms with Crippen molar-refractivity contribution in [2.75, 3.05) is 5.32 Å². The quantitative estimate of drug-likeness (QED) is 0.879. The molecule has 1 aliphatic heterocycles. The highest BCUT2D eigenvalue weighted by Gasteiger charge is 2.36. The smallest absolute Gasteiger partial charge is 0.226 e. The summed E-state index contributed by atoms with van der Waals surface area (Å²) in [4.78, 5) is 16.7. The van der Waals surface area contributed by atoms with Gasteiger partial charge in [-0.2, -0.15) is 10.1 Å². The summed E-state index contributed by atoms with van der Waals surface area (Å²) in [6.07, 6.45) is 1.89. The maximum atomic E-state index is 13.7. The van der Waals surface area contributed by atoms with E-state index in [1.165, 1.54) is 16.8 Å². The summed E-state index contributed by atoms with van der Waals surface area (Å²) in [7, 11) is 0. The Morgan fingerprint density at radius 3 is 2.70 bits per heavy atom. The molecule has 1 aromatic heterocycles. The van der Waals surface area contributed by atoms with Crippen LogP contribution in [0.25, 0.3) is 0 Å². The molecule has 0 fully saturated rings. The SMILES string of the molecule is Cc1nc2n(n1)[C@H](c1cc(F)cc(F)c1)C1=C(CCCC1=O)N2. The third-order valence-electron chi connectivity index (χ3n) is 4.17. The van der Waals surface area contributed by atoms with Gasteiger partial charge in [-0.25, -0.2) is 13.5 Å². The first kappa shape index (κ1) is 14.0. The lowest BCUT2D eigenvalue weighted by Crippen LogP contribution is -2.31. The molecule has 0 amide bonds. The van der Waals surface area contributed by atoms with Crippen molar-refractivity contribution < 1.29 is 13.6 Å². The standard InChI is InChI=1S/C16H14F2N4O/c1-8-19-16-20-12-3-2-4-13(23)14(12)15(22(16)21-8)9-5-10(17)7-11(18)6-9/h5-7,15H,2-4H2,1H3,(H,19,20,21)/t15-/m1/s1. The Hall–Kier alpha value is -2.57. The van der Waals surface area contributed by atoms with Crippen molar-refractivity contribution in [3.63, 3.8) is 0 Å². The van der Waals surface area contributed by atoms with Crippen LogP contribution in [-0.2, 0) is 4.79 Å². The fourth-order valence-corrected chi connectivity index (χ4v) is 3.30. The summed E-state index contributed by atoms with van der Waals surface area (Å²) in [5, 5.41) is 7.45. The Labute approximate surface area is 131 Å². The molecule has 2 heterocycles. The van der Waals surface area contributed by atoms with Gasteiger partial charge in [0.2, 0.25) is 5.95 Å². The van der Waals surface area contributed by atoms with Crippen LogP contribution in [0.15, 0.2) is 29.5 Å². The van der Waals surface area contributed by atoms with E-state index < -0.39 is 17.7 Å². The number of carbonyl (C=O) groups is 1. The predicted molar refractivity (Wildman–Crippen MR) is 78.8 cm³/mol. The Morgan fingerprint density at radius 1 is 1.22 bits per heavy atom. The number of fused-ring (bicyclic) bond motifs is 1. The number of Topliss-reactive ketones (excluding diaryl/α,β-unsaturated/α-hetero) is 1. The number of carbonyl (C=O) groups excluding carboxylic acids is 1. The van der Waals surface area contributed by atoms with Gasteiger partial charge < -0.3 is 5.32 Å². The van der Waals surface area contributed by atoms with Crippen molar-refractivity contribution in [1.82, 2.24) is 14.8 Å². The third kappa shape index (κ3) is 2.23. The van der Waals surface area contributed by atoms with Gasteiger partial charge in [-0.3, -0.25) is 4.79 Å². The predicted octanol–water partition coefficient (Wildman–Crippen LogP) is 2.89. The monoisotopic (exact) mass is 316 g/mol. The number of rotatable bonds is 1. The van der Waals surface area contributed by atoms with Crippen LogP contribution in [0.5, 0.6) is 0 Å². The van der Waals surface area contributed by atoms with Crippen LogP contribution in [0.1, 0.15) is 36.7 Å². The number of hydrogen-bond acceptors (Lipinski definition) is 4. The summed E-state index contributed by atoms with van der Waals surface area (Å²) in [5.74, 6) is -0.357. The zero-order valence-corrected chi connectivity index (χ0v) is 12.4. The Morgan fingerprint density at radius 2 is 1.96 bits per heavy atom. The van der Waals surface area contributed by atoms with Gasteiger partial charge in [0.1, 0.15) is 23.5 Å². The van der Waals surface area contributed by atoms with Gasteiger partial charge in [0.15, 0.2) is 5.78 Å². The molecule has 0 saturated carbocycles. The van der Waals surface area contributed by atoms with Crippen LogP contribution in [0, 0.1) is 18.6 Å². The van der Waals surface area contributed by atoms with E-state index >= 15 is 0 Å². The number of nitrogens with one attached hydrogen (secondary N) is 1. The molecule has 1 atom stereocenters. The number of ketones is 1. The van der Waals surface area contributed by atoms with E-state index in [1.807, 2.05) is 0 Å². The van der Waals surface area contributed by atoms with E-state index in [1.54, 1.807) is 6.92 Å². The van der Waals surface area contributed by atoms with Crippen molar-refractivity contribution >= 4 is 11.7 Å². The average molecular weight is 316 g/mol. The zero-order chi connectivity index (χ0) is 16.1. The Balaban J connectivity index is 1.96. The maximum absolute atomic E-state index is 13.7. The summed E-state index contributed by atoms with van der Waals surface area (Å²) in [6, 6.07) is 2.65. The number of anilines is 1. The largest absolute Gasteiger partial charge is 0.328 e. The molecule has 2 aliphatic rings.